The van der Waals surface area contributed by atoms with Crippen molar-refractivity contribution in [3.05, 3.63) is 35.9 Å². The molecule has 2 rings (SSSR count). The van der Waals surface area contributed by atoms with Crippen LogP contribution in [0.4, 0.5) is 0 Å². The van der Waals surface area contributed by atoms with Gasteiger partial charge in [-0.25, -0.2) is 4.79 Å². The maximum Gasteiger partial charge on any atom is 0.326 e. The van der Waals surface area contributed by atoms with Gasteiger partial charge < -0.3 is 10.4 Å². The number of carboxylic acids is 1. The summed E-state index contributed by atoms with van der Waals surface area (Å²) in [5.74, 6) is -0.939. The van der Waals surface area contributed by atoms with Gasteiger partial charge in [0.15, 0.2) is 0 Å². The molecule has 2 unspecified atom stereocenters. The predicted molar refractivity (Wildman–Crippen MR) is 76.4 cm³/mol. The van der Waals surface area contributed by atoms with Crippen LogP contribution in [0.25, 0.3) is 0 Å². The SMILES string of the molecule is CCC(C(=O)NC(CC1CC1)C(=O)O)c1ccccc1. The molecule has 0 aliphatic heterocycles. The minimum Gasteiger partial charge on any atom is -0.480 e. The van der Waals surface area contributed by atoms with Gasteiger partial charge in [-0.05, 0) is 24.3 Å². The third kappa shape index (κ3) is 3.83. The zero-order valence-corrected chi connectivity index (χ0v) is 11.7. The summed E-state index contributed by atoms with van der Waals surface area (Å²) < 4.78 is 0. The molecule has 1 saturated carbocycles. The van der Waals surface area contributed by atoms with Crippen LogP contribution < -0.4 is 5.32 Å². The highest BCUT2D eigenvalue weighted by Crippen LogP contribution is 2.33. The van der Waals surface area contributed by atoms with Crippen LogP contribution in [0.2, 0.25) is 0 Å². The van der Waals surface area contributed by atoms with Gasteiger partial charge in [0.1, 0.15) is 6.04 Å². The number of nitrogens with one attached hydrogen (secondary N) is 1. The van der Waals surface area contributed by atoms with Gasteiger partial charge in [-0.1, -0.05) is 50.1 Å². The number of hydrogen-bond acceptors (Lipinski definition) is 2. The second kappa shape index (κ2) is 6.55. The lowest BCUT2D eigenvalue weighted by molar-refractivity contribution is -0.142. The molecule has 0 radical (unpaired) electrons. The largest absolute Gasteiger partial charge is 0.480 e. The maximum absolute atomic E-state index is 12.3. The molecule has 1 fully saturated rings. The standard InChI is InChI=1S/C16H21NO3/c1-2-13(12-6-4-3-5-7-12)15(18)17-14(16(19)20)10-11-8-9-11/h3-7,11,13-14H,2,8-10H2,1H3,(H,17,18)(H,19,20). The summed E-state index contributed by atoms with van der Waals surface area (Å²) in [5, 5.41) is 11.9. The molecule has 108 valence electrons. The number of carboxylic acid groups (broad SMARTS) is 1. The van der Waals surface area contributed by atoms with E-state index in [1.54, 1.807) is 0 Å². The van der Waals surface area contributed by atoms with E-state index in [1.165, 1.54) is 0 Å². The van der Waals surface area contributed by atoms with E-state index in [1.807, 2.05) is 37.3 Å². The van der Waals surface area contributed by atoms with Gasteiger partial charge in [-0.3, -0.25) is 4.79 Å². The Kier molecular flexibility index (Phi) is 4.77. The first-order valence-corrected chi connectivity index (χ1v) is 7.20. The Balaban J connectivity index is 2.02. The third-order valence-corrected chi connectivity index (χ3v) is 3.81. The van der Waals surface area contributed by atoms with Crippen molar-refractivity contribution in [3.63, 3.8) is 0 Å². The summed E-state index contributed by atoms with van der Waals surface area (Å²) in [6, 6.07) is 8.75. The second-order valence-corrected chi connectivity index (χ2v) is 5.45. The topological polar surface area (TPSA) is 66.4 Å². The summed E-state index contributed by atoms with van der Waals surface area (Å²) in [5.41, 5.74) is 0.933. The maximum atomic E-state index is 12.3. The number of benzene rings is 1. The molecule has 0 bridgehead atoms. The number of carbonyl (C=O) groups is 2. The van der Waals surface area contributed by atoms with E-state index in [2.05, 4.69) is 5.32 Å². The zero-order chi connectivity index (χ0) is 14.5. The summed E-state index contributed by atoms with van der Waals surface area (Å²) >= 11 is 0. The molecule has 0 saturated heterocycles. The molecule has 0 heterocycles. The summed E-state index contributed by atoms with van der Waals surface area (Å²) in [7, 11) is 0. The zero-order valence-electron chi connectivity index (χ0n) is 11.7. The fourth-order valence-corrected chi connectivity index (χ4v) is 2.44. The molecule has 2 N–H and O–H groups in total. The monoisotopic (exact) mass is 275 g/mol. The molecule has 0 spiro atoms. The number of rotatable bonds is 7. The molecule has 1 amide bonds. The molecule has 20 heavy (non-hydrogen) atoms. The normalized spacial score (nSPS) is 17.2. The van der Waals surface area contributed by atoms with E-state index in [-0.39, 0.29) is 11.8 Å². The molecule has 2 atom stereocenters. The van der Waals surface area contributed by atoms with Crippen molar-refractivity contribution in [1.29, 1.82) is 0 Å². The molecule has 1 aliphatic rings. The van der Waals surface area contributed by atoms with Gasteiger partial charge in [0.05, 0.1) is 5.92 Å². The van der Waals surface area contributed by atoms with E-state index in [0.717, 1.165) is 18.4 Å². The van der Waals surface area contributed by atoms with Crippen LogP contribution in [0, 0.1) is 5.92 Å². The van der Waals surface area contributed by atoms with Crippen molar-refractivity contribution in [2.24, 2.45) is 5.92 Å². The Morgan fingerprint density at radius 2 is 1.95 bits per heavy atom. The molecule has 1 aliphatic carbocycles. The van der Waals surface area contributed by atoms with Crippen LogP contribution in [-0.2, 0) is 9.59 Å². The van der Waals surface area contributed by atoms with Gasteiger partial charge in [0, 0.05) is 0 Å². The van der Waals surface area contributed by atoms with E-state index in [0.29, 0.717) is 18.8 Å². The van der Waals surface area contributed by atoms with E-state index >= 15 is 0 Å². The average molecular weight is 275 g/mol. The summed E-state index contributed by atoms with van der Waals surface area (Å²) in [6.45, 7) is 1.94. The first kappa shape index (κ1) is 14.6. The van der Waals surface area contributed by atoms with Crippen LogP contribution in [0.1, 0.15) is 44.1 Å². The highest BCUT2D eigenvalue weighted by Gasteiger charge is 2.31. The van der Waals surface area contributed by atoms with Crippen LogP contribution in [0.5, 0.6) is 0 Å². The van der Waals surface area contributed by atoms with E-state index < -0.39 is 12.0 Å². The molecule has 0 aromatic heterocycles. The summed E-state index contributed by atoms with van der Waals surface area (Å²) in [4.78, 5) is 23.5. The predicted octanol–water partition coefficient (Wildman–Crippen LogP) is 2.55. The second-order valence-electron chi connectivity index (χ2n) is 5.45. The Morgan fingerprint density at radius 1 is 1.30 bits per heavy atom. The van der Waals surface area contributed by atoms with Crippen LogP contribution in [0.15, 0.2) is 30.3 Å². The smallest absolute Gasteiger partial charge is 0.326 e. The Hall–Kier alpha value is -1.84. The molecule has 4 nitrogen and oxygen atoms in total. The molecule has 1 aromatic rings. The van der Waals surface area contributed by atoms with Crippen molar-refractivity contribution in [2.45, 2.75) is 44.6 Å². The van der Waals surface area contributed by atoms with E-state index in [9.17, 15) is 14.7 Å². The summed E-state index contributed by atoms with van der Waals surface area (Å²) in [6.07, 6.45) is 3.36. The third-order valence-electron chi connectivity index (χ3n) is 3.81. The molecule has 4 heteroatoms. The lowest BCUT2D eigenvalue weighted by Crippen LogP contribution is -2.43. The molecule has 1 aromatic carbocycles. The Morgan fingerprint density at radius 3 is 2.45 bits per heavy atom. The van der Waals surface area contributed by atoms with Crippen LogP contribution >= 0.6 is 0 Å². The highest BCUT2D eigenvalue weighted by atomic mass is 16.4. The number of hydrogen-bond donors (Lipinski definition) is 2. The highest BCUT2D eigenvalue weighted by molar-refractivity contribution is 5.88. The number of carbonyl (C=O) groups excluding carboxylic acids is 1. The van der Waals surface area contributed by atoms with Crippen molar-refractivity contribution < 1.29 is 14.7 Å². The van der Waals surface area contributed by atoms with Crippen molar-refractivity contribution in [1.82, 2.24) is 5.32 Å². The minimum atomic E-state index is -0.937. The number of aliphatic carboxylic acids is 1. The van der Waals surface area contributed by atoms with Crippen molar-refractivity contribution >= 4 is 11.9 Å². The lowest BCUT2D eigenvalue weighted by atomic mass is 9.95. The average Bonchev–Trinajstić information content (AvgIpc) is 3.24. The van der Waals surface area contributed by atoms with Gasteiger partial charge in [-0.2, -0.15) is 0 Å². The molecular weight excluding hydrogens is 254 g/mol. The van der Waals surface area contributed by atoms with Gasteiger partial charge in [0.2, 0.25) is 5.91 Å². The number of amides is 1. The van der Waals surface area contributed by atoms with Gasteiger partial charge >= 0.3 is 5.97 Å². The van der Waals surface area contributed by atoms with Gasteiger partial charge in [0.25, 0.3) is 0 Å². The van der Waals surface area contributed by atoms with E-state index in [4.69, 9.17) is 0 Å². The quantitative estimate of drug-likeness (QED) is 0.803. The Bertz CT molecular complexity index is 468. The van der Waals surface area contributed by atoms with Crippen molar-refractivity contribution in [3.8, 4) is 0 Å². The fraction of sp³-hybridized carbons (Fsp3) is 0.500. The Labute approximate surface area is 119 Å². The first-order chi connectivity index (χ1) is 9.61. The van der Waals surface area contributed by atoms with Crippen molar-refractivity contribution in [2.75, 3.05) is 0 Å². The lowest BCUT2D eigenvalue weighted by Gasteiger charge is -2.19. The van der Waals surface area contributed by atoms with Gasteiger partial charge in [-0.15, -0.1) is 0 Å². The first-order valence-electron chi connectivity index (χ1n) is 7.20. The minimum absolute atomic E-state index is 0.188. The fourth-order valence-electron chi connectivity index (χ4n) is 2.44. The van der Waals surface area contributed by atoms with Crippen LogP contribution in [0.3, 0.4) is 0 Å². The molecular formula is C16H21NO3. The van der Waals surface area contributed by atoms with Crippen LogP contribution in [-0.4, -0.2) is 23.0 Å².